The zero-order valence-electron chi connectivity index (χ0n) is 16.2. The van der Waals surface area contributed by atoms with Crippen molar-refractivity contribution in [1.82, 2.24) is 15.0 Å². The second kappa shape index (κ2) is 5.90. The third-order valence-corrected chi connectivity index (χ3v) is 6.22. The minimum Gasteiger partial charge on any atom is -0.437 e. The van der Waals surface area contributed by atoms with Crippen LogP contribution in [0.3, 0.4) is 0 Å². The minimum atomic E-state index is -0.456. The van der Waals surface area contributed by atoms with E-state index in [1.54, 1.807) is 6.20 Å². The molecule has 27 heavy (non-hydrogen) atoms. The topological polar surface area (TPSA) is 94.2 Å². The maximum absolute atomic E-state index is 12.2. The number of hydrogen-bond donors (Lipinski definition) is 1. The maximum Gasteiger partial charge on any atom is 0.227 e. The van der Waals surface area contributed by atoms with Crippen molar-refractivity contribution >= 4 is 11.7 Å². The number of primary amides is 1. The third kappa shape index (κ3) is 2.64. The zero-order valence-corrected chi connectivity index (χ0v) is 16.2. The molecule has 1 amide bonds. The van der Waals surface area contributed by atoms with E-state index in [-0.39, 0.29) is 17.2 Å². The molecule has 2 N–H and O–H groups in total. The smallest absolute Gasteiger partial charge is 0.227 e. The van der Waals surface area contributed by atoms with Crippen molar-refractivity contribution < 1.29 is 9.53 Å². The molecule has 142 valence electrons. The molecule has 0 bridgehead atoms. The van der Waals surface area contributed by atoms with E-state index in [4.69, 9.17) is 10.5 Å². The van der Waals surface area contributed by atoms with Crippen molar-refractivity contribution in [3.05, 3.63) is 35.9 Å². The quantitative estimate of drug-likeness (QED) is 0.893. The lowest BCUT2D eigenvalue weighted by Crippen LogP contribution is -2.59. The van der Waals surface area contributed by atoms with Crippen LogP contribution in [0.1, 0.15) is 31.5 Å². The van der Waals surface area contributed by atoms with Crippen molar-refractivity contribution in [3.63, 3.8) is 0 Å². The van der Waals surface area contributed by atoms with Crippen LogP contribution in [0.2, 0.25) is 0 Å². The predicted molar refractivity (Wildman–Crippen MR) is 102 cm³/mol. The lowest BCUT2D eigenvalue weighted by molar-refractivity contribution is -0.148. The molecule has 2 atom stereocenters. The molecule has 7 nitrogen and oxygen atoms in total. The Morgan fingerprint density at radius 3 is 2.70 bits per heavy atom. The first-order valence-electron chi connectivity index (χ1n) is 9.20. The number of aromatic nitrogens is 3. The van der Waals surface area contributed by atoms with Gasteiger partial charge in [0.25, 0.3) is 0 Å². The van der Waals surface area contributed by atoms with E-state index < -0.39 is 5.41 Å². The van der Waals surface area contributed by atoms with E-state index in [0.29, 0.717) is 18.2 Å². The van der Waals surface area contributed by atoms with Crippen molar-refractivity contribution in [3.8, 4) is 11.6 Å². The number of carbonyl (C=O) groups excluding carboxylic acids is 1. The van der Waals surface area contributed by atoms with Gasteiger partial charge in [-0.25, -0.2) is 9.97 Å². The van der Waals surface area contributed by atoms with Gasteiger partial charge in [0, 0.05) is 19.3 Å². The molecule has 0 radical (unpaired) electrons. The summed E-state index contributed by atoms with van der Waals surface area (Å²) in [6, 6.07) is 3.70. The first kappa shape index (κ1) is 17.7. The van der Waals surface area contributed by atoms with Gasteiger partial charge in [0.05, 0.1) is 16.7 Å². The molecule has 7 heteroatoms. The van der Waals surface area contributed by atoms with Gasteiger partial charge in [-0.05, 0) is 43.7 Å². The minimum absolute atomic E-state index is 0.108. The third-order valence-electron chi connectivity index (χ3n) is 6.22. The maximum atomic E-state index is 12.2. The number of anilines is 1. The lowest BCUT2D eigenvalue weighted by Gasteiger charge is -2.54. The van der Waals surface area contributed by atoms with Crippen LogP contribution in [0.5, 0.6) is 11.6 Å². The first-order chi connectivity index (χ1) is 12.7. The summed E-state index contributed by atoms with van der Waals surface area (Å²) in [6.07, 6.45) is 4.05. The van der Waals surface area contributed by atoms with Crippen molar-refractivity contribution in [2.75, 3.05) is 18.0 Å². The number of aryl methyl sites for hydroxylation is 1. The first-order valence-corrected chi connectivity index (χ1v) is 9.20. The number of carbonyl (C=O) groups is 1. The Kier molecular flexibility index (Phi) is 3.87. The van der Waals surface area contributed by atoms with Gasteiger partial charge in [-0.2, -0.15) is 0 Å². The van der Waals surface area contributed by atoms with Crippen molar-refractivity contribution in [1.29, 1.82) is 0 Å². The Balaban J connectivity index is 1.64. The highest BCUT2D eigenvalue weighted by Gasteiger charge is 2.66. The Hall–Kier alpha value is -2.70. The zero-order chi connectivity index (χ0) is 19.4. The monoisotopic (exact) mass is 367 g/mol. The van der Waals surface area contributed by atoms with E-state index in [0.717, 1.165) is 30.0 Å². The molecule has 2 aliphatic rings. The molecule has 2 aromatic heterocycles. The fourth-order valence-corrected chi connectivity index (χ4v) is 4.92. The summed E-state index contributed by atoms with van der Waals surface area (Å²) < 4.78 is 5.99. The molecule has 1 saturated carbocycles. The Morgan fingerprint density at radius 2 is 2.07 bits per heavy atom. The largest absolute Gasteiger partial charge is 0.437 e. The van der Waals surface area contributed by atoms with Crippen LogP contribution in [0.4, 0.5) is 5.82 Å². The van der Waals surface area contributed by atoms with Crippen LogP contribution < -0.4 is 15.4 Å². The number of pyridine rings is 1. The highest BCUT2D eigenvalue weighted by molar-refractivity contribution is 5.84. The highest BCUT2D eigenvalue weighted by Crippen LogP contribution is 2.63. The molecular formula is C20H25N5O2. The SMILES string of the molecule is Cc1ncccc1Oc1ncnc(N2C[C@@H]3C(C)(C)C[C@]3(C(N)=O)C2)c1C. The molecule has 4 rings (SSSR count). The van der Waals surface area contributed by atoms with E-state index in [2.05, 4.69) is 33.7 Å². The number of rotatable bonds is 4. The molecule has 2 fully saturated rings. The normalized spacial score (nSPS) is 25.6. The molecule has 3 heterocycles. The summed E-state index contributed by atoms with van der Waals surface area (Å²) in [5.74, 6) is 2.00. The summed E-state index contributed by atoms with van der Waals surface area (Å²) >= 11 is 0. The van der Waals surface area contributed by atoms with Crippen LogP contribution in [-0.4, -0.2) is 33.9 Å². The van der Waals surface area contributed by atoms with Gasteiger partial charge in [0.1, 0.15) is 12.1 Å². The highest BCUT2D eigenvalue weighted by atomic mass is 16.5. The Labute approximate surface area is 159 Å². The van der Waals surface area contributed by atoms with Crippen LogP contribution >= 0.6 is 0 Å². The number of hydrogen-bond acceptors (Lipinski definition) is 6. The fourth-order valence-electron chi connectivity index (χ4n) is 4.92. The summed E-state index contributed by atoms with van der Waals surface area (Å²) in [5, 5.41) is 0. The summed E-state index contributed by atoms with van der Waals surface area (Å²) in [6.45, 7) is 9.60. The van der Waals surface area contributed by atoms with Gasteiger partial charge in [-0.15, -0.1) is 0 Å². The number of fused-ring (bicyclic) bond motifs is 1. The fraction of sp³-hybridized carbons (Fsp3) is 0.500. The number of amides is 1. The van der Waals surface area contributed by atoms with E-state index in [1.165, 1.54) is 6.33 Å². The molecule has 0 unspecified atom stereocenters. The van der Waals surface area contributed by atoms with Gasteiger partial charge in [-0.3, -0.25) is 9.78 Å². The van der Waals surface area contributed by atoms with Gasteiger partial charge in [0.2, 0.25) is 11.8 Å². The molecule has 0 aromatic carbocycles. The molecule has 1 saturated heterocycles. The van der Waals surface area contributed by atoms with E-state index >= 15 is 0 Å². The Morgan fingerprint density at radius 1 is 1.30 bits per heavy atom. The van der Waals surface area contributed by atoms with Crippen LogP contribution in [0.15, 0.2) is 24.7 Å². The molecule has 0 spiro atoms. The number of ether oxygens (including phenoxy) is 1. The lowest BCUT2D eigenvalue weighted by atomic mass is 9.48. The molecule has 1 aliphatic heterocycles. The summed E-state index contributed by atoms with van der Waals surface area (Å²) in [5.41, 5.74) is 7.09. The number of nitrogens with zero attached hydrogens (tertiary/aromatic N) is 4. The Bertz CT molecular complexity index is 913. The van der Waals surface area contributed by atoms with Crippen molar-refractivity contribution in [2.24, 2.45) is 22.5 Å². The van der Waals surface area contributed by atoms with Crippen LogP contribution in [-0.2, 0) is 4.79 Å². The summed E-state index contributed by atoms with van der Waals surface area (Å²) in [7, 11) is 0. The number of nitrogens with two attached hydrogens (primary N) is 1. The van der Waals surface area contributed by atoms with Crippen molar-refractivity contribution in [2.45, 2.75) is 34.1 Å². The van der Waals surface area contributed by atoms with E-state index in [1.807, 2.05) is 26.0 Å². The van der Waals surface area contributed by atoms with Crippen LogP contribution in [0.25, 0.3) is 0 Å². The molecule has 2 aromatic rings. The summed E-state index contributed by atoms with van der Waals surface area (Å²) in [4.78, 5) is 27.4. The predicted octanol–water partition coefficient (Wildman–Crippen LogP) is 2.62. The average Bonchev–Trinajstić information content (AvgIpc) is 2.95. The van der Waals surface area contributed by atoms with E-state index in [9.17, 15) is 4.79 Å². The second-order valence-corrected chi connectivity index (χ2v) is 8.44. The van der Waals surface area contributed by atoms with Gasteiger partial charge >= 0.3 is 0 Å². The van der Waals surface area contributed by atoms with Gasteiger partial charge in [-0.1, -0.05) is 13.8 Å². The van der Waals surface area contributed by atoms with Crippen LogP contribution in [0, 0.1) is 30.6 Å². The van der Waals surface area contributed by atoms with Gasteiger partial charge in [0.15, 0.2) is 5.75 Å². The standard InChI is InChI=1S/C20H25N5O2/c1-12-16(23-11-24-17(12)27-14-6-5-7-22-13(14)2)25-8-15-19(3,4)9-20(15,10-25)18(21)26/h5-7,11,15H,8-10H2,1-4H3,(H2,21,26)/t15-,20+/m1/s1. The molecular weight excluding hydrogens is 342 g/mol. The average molecular weight is 367 g/mol. The second-order valence-electron chi connectivity index (χ2n) is 8.44. The molecule has 1 aliphatic carbocycles. The van der Waals surface area contributed by atoms with Gasteiger partial charge < -0.3 is 15.4 Å².